The van der Waals surface area contributed by atoms with Gasteiger partial charge in [-0.25, -0.2) is 9.97 Å². The van der Waals surface area contributed by atoms with Gasteiger partial charge in [0.2, 0.25) is 0 Å². The Balaban J connectivity index is 1.22. The van der Waals surface area contributed by atoms with Crippen molar-refractivity contribution in [2.45, 2.75) is 13.8 Å². The lowest BCUT2D eigenvalue weighted by atomic mass is 9.96. The summed E-state index contributed by atoms with van der Waals surface area (Å²) < 4.78 is 17.2. The summed E-state index contributed by atoms with van der Waals surface area (Å²) in [7, 11) is -3.07. The van der Waals surface area contributed by atoms with E-state index in [4.69, 9.17) is 9.97 Å². The van der Waals surface area contributed by atoms with Gasteiger partial charge in [-0.3, -0.25) is 4.40 Å². The predicted molar refractivity (Wildman–Crippen MR) is 215 cm³/mol. The molecule has 244 valence electrons. The average molecular weight is 676 g/mol. The van der Waals surface area contributed by atoms with E-state index in [2.05, 4.69) is 108 Å². The van der Waals surface area contributed by atoms with E-state index >= 15 is 0 Å². The van der Waals surface area contributed by atoms with Crippen LogP contribution in [0.1, 0.15) is 18.3 Å². The van der Waals surface area contributed by atoms with Crippen LogP contribution in [0.2, 0.25) is 0 Å². The van der Waals surface area contributed by atoms with Crippen molar-refractivity contribution in [1.29, 1.82) is 0 Å². The van der Waals surface area contributed by atoms with E-state index in [0.29, 0.717) is 0 Å². The largest absolute Gasteiger partial charge is 0.309 e. The van der Waals surface area contributed by atoms with Crippen molar-refractivity contribution in [3.05, 3.63) is 175 Å². The van der Waals surface area contributed by atoms with Crippen LogP contribution in [0.5, 0.6) is 0 Å². The number of nitrogens with zero attached hydrogens (tertiary/aromatic N) is 3. The lowest BCUT2D eigenvalue weighted by molar-refractivity contribution is 0.592. The molecule has 0 saturated carbocycles. The molecular formula is C46H34N3OP. The van der Waals surface area contributed by atoms with Crippen molar-refractivity contribution in [3.63, 3.8) is 0 Å². The van der Waals surface area contributed by atoms with E-state index in [1.807, 2.05) is 79.7 Å². The molecule has 51 heavy (non-hydrogen) atoms. The van der Waals surface area contributed by atoms with Gasteiger partial charge in [0.1, 0.15) is 11.5 Å². The maximum atomic E-state index is 15.0. The van der Waals surface area contributed by atoms with Crippen LogP contribution in [0.3, 0.4) is 0 Å². The number of fused-ring (bicyclic) bond motifs is 6. The van der Waals surface area contributed by atoms with Crippen LogP contribution in [0, 0.1) is 6.92 Å². The Labute approximate surface area is 296 Å². The third kappa shape index (κ3) is 5.02. The monoisotopic (exact) mass is 675 g/mol. The molecule has 0 aliphatic carbocycles. The Hall–Kier alpha value is -6.09. The molecule has 0 radical (unpaired) electrons. The van der Waals surface area contributed by atoms with Gasteiger partial charge in [0.15, 0.2) is 7.14 Å². The number of imidazole rings is 1. The van der Waals surface area contributed by atoms with Crippen LogP contribution in [0.15, 0.2) is 164 Å². The topological polar surface area (TPSA) is 47.3 Å². The maximum Gasteiger partial charge on any atom is 0.171 e. The summed E-state index contributed by atoms with van der Waals surface area (Å²) in [4.78, 5) is 10.6. The van der Waals surface area contributed by atoms with Crippen molar-refractivity contribution in [3.8, 4) is 22.5 Å². The van der Waals surface area contributed by atoms with Gasteiger partial charge in [-0.1, -0.05) is 146 Å². The Kier molecular flexibility index (Phi) is 7.49. The molecule has 0 saturated heterocycles. The van der Waals surface area contributed by atoms with Crippen LogP contribution < -0.4 is 15.9 Å². The van der Waals surface area contributed by atoms with Crippen LogP contribution in [0.4, 0.5) is 0 Å². The molecule has 5 heteroatoms. The number of rotatable bonds is 6. The van der Waals surface area contributed by atoms with Crippen LogP contribution in [-0.4, -0.2) is 14.4 Å². The van der Waals surface area contributed by atoms with Gasteiger partial charge in [0, 0.05) is 26.9 Å². The molecule has 2 heterocycles. The molecule has 7 aromatic carbocycles. The van der Waals surface area contributed by atoms with E-state index in [1.54, 1.807) is 0 Å². The van der Waals surface area contributed by atoms with Crippen LogP contribution in [0.25, 0.3) is 66.7 Å². The molecule has 0 fully saturated rings. The molecule has 0 atom stereocenters. The molecule has 9 aromatic rings. The summed E-state index contributed by atoms with van der Waals surface area (Å²) in [5.74, 6) is 0.864. The first-order valence-electron chi connectivity index (χ1n) is 17.2. The van der Waals surface area contributed by atoms with Gasteiger partial charge in [-0.15, -0.1) is 0 Å². The summed E-state index contributed by atoms with van der Waals surface area (Å²) in [5, 5.41) is 8.19. The Morgan fingerprint density at radius 2 is 1.16 bits per heavy atom. The highest BCUT2D eigenvalue weighted by molar-refractivity contribution is 7.85. The molecule has 0 spiro atoms. The van der Waals surface area contributed by atoms with E-state index in [-0.39, 0.29) is 0 Å². The maximum absolute atomic E-state index is 15.0. The molecule has 0 aliphatic heterocycles. The zero-order valence-corrected chi connectivity index (χ0v) is 29.3. The number of hydrogen-bond acceptors (Lipinski definition) is 3. The second kappa shape index (κ2) is 12.4. The first kappa shape index (κ1) is 30.9. The molecule has 0 N–H and O–H groups in total. The molecule has 9 rings (SSSR count). The van der Waals surface area contributed by atoms with E-state index in [0.717, 1.165) is 71.8 Å². The fourth-order valence-electron chi connectivity index (χ4n) is 7.45. The Morgan fingerprint density at radius 3 is 1.84 bits per heavy atom. The highest BCUT2D eigenvalue weighted by Crippen LogP contribution is 2.43. The minimum atomic E-state index is -3.07. The zero-order valence-electron chi connectivity index (χ0n) is 28.4. The molecule has 4 nitrogen and oxygen atoms in total. The number of aromatic nitrogens is 3. The quantitative estimate of drug-likeness (QED) is 0.130. The van der Waals surface area contributed by atoms with E-state index in [9.17, 15) is 4.57 Å². The highest BCUT2D eigenvalue weighted by atomic mass is 31.2. The minimum absolute atomic E-state index is 0.806. The second-order valence-electron chi connectivity index (χ2n) is 12.9. The van der Waals surface area contributed by atoms with Crippen molar-refractivity contribution in [2.75, 3.05) is 0 Å². The molecule has 0 bridgehead atoms. The molecular weight excluding hydrogens is 642 g/mol. The molecule has 0 unspecified atom stereocenters. The summed E-state index contributed by atoms with van der Waals surface area (Å²) in [6, 6.07) is 53.6. The summed E-state index contributed by atoms with van der Waals surface area (Å²) in [6.07, 6.45) is 4.18. The van der Waals surface area contributed by atoms with E-state index < -0.39 is 7.14 Å². The standard InChI is InChI=1S/C46H34N3OP/c1-3-14-44-31(2)47-46-42-29-33(32-23-26-37(27-24-32)51(50,35-16-6-4-7-17-35)36-18-8-5-9-19-36)25-28-43(42)48-45(49(44)46)41-30-34-15-10-11-20-38(34)39-21-12-13-22-40(39)41/h3-30H,1-2H3/b14-3-. The fraction of sp³-hybridized carbons (Fsp3) is 0.0435. The Bertz CT molecular complexity index is 2800. The van der Waals surface area contributed by atoms with Crippen molar-refractivity contribution < 1.29 is 4.57 Å². The van der Waals surface area contributed by atoms with E-state index in [1.165, 1.54) is 16.2 Å². The van der Waals surface area contributed by atoms with Gasteiger partial charge in [-0.2, -0.15) is 0 Å². The smallest absolute Gasteiger partial charge is 0.171 e. The lowest BCUT2D eigenvalue weighted by Crippen LogP contribution is -2.24. The summed E-state index contributed by atoms with van der Waals surface area (Å²) in [5.41, 5.74) is 6.86. The lowest BCUT2D eigenvalue weighted by Gasteiger charge is -2.20. The number of benzene rings is 7. The average Bonchev–Trinajstić information content (AvgIpc) is 3.53. The summed E-state index contributed by atoms with van der Waals surface area (Å²) >= 11 is 0. The number of allylic oxidation sites excluding steroid dienone is 1. The fourth-order valence-corrected chi connectivity index (χ4v) is 10.1. The van der Waals surface area contributed by atoms with Crippen molar-refractivity contribution >= 4 is 67.2 Å². The SMILES string of the molecule is C/C=C\c1c(C)nc2c3cc(-c4ccc(P(=O)(c5ccccc5)c5ccccc5)cc4)ccc3nc(-c3cc4ccccc4c4ccccc34)n12. The number of hydrogen-bond donors (Lipinski definition) is 0. The first-order chi connectivity index (χ1) is 25.0. The van der Waals surface area contributed by atoms with Gasteiger partial charge in [0.05, 0.1) is 16.9 Å². The zero-order chi connectivity index (χ0) is 34.5. The molecule has 0 amide bonds. The van der Waals surface area contributed by atoms with Gasteiger partial charge in [0.25, 0.3) is 0 Å². The minimum Gasteiger partial charge on any atom is -0.309 e. The third-order valence-electron chi connectivity index (χ3n) is 9.91. The molecule has 0 aliphatic rings. The normalized spacial score (nSPS) is 12.1. The van der Waals surface area contributed by atoms with Crippen LogP contribution in [-0.2, 0) is 4.57 Å². The highest BCUT2D eigenvalue weighted by Gasteiger charge is 2.29. The van der Waals surface area contributed by atoms with Gasteiger partial charge in [-0.05, 0) is 70.8 Å². The Morgan fingerprint density at radius 1 is 0.569 bits per heavy atom. The summed E-state index contributed by atoms with van der Waals surface area (Å²) in [6.45, 7) is 4.10. The molecule has 2 aromatic heterocycles. The van der Waals surface area contributed by atoms with Crippen LogP contribution >= 0.6 is 7.14 Å². The van der Waals surface area contributed by atoms with Gasteiger partial charge >= 0.3 is 0 Å². The van der Waals surface area contributed by atoms with Crippen molar-refractivity contribution in [1.82, 2.24) is 14.4 Å². The van der Waals surface area contributed by atoms with Crippen molar-refractivity contribution in [2.24, 2.45) is 0 Å². The third-order valence-corrected chi connectivity index (χ3v) is 13.0. The van der Waals surface area contributed by atoms with Gasteiger partial charge < -0.3 is 4.57 Å². The predicted octanol–water partition coefficient (Wildman–Crippen LogP) is 10.5. The first-order valence-corrected chi connectivity index (χ1v) is 18.9. The number of aryl methyl sites for hydroxylation is 1. The second-order valence-corrected chi connectivity index (χ2v) is 15.7.